The van der Waals surface area contributed by atoms with Crippen molar-refractivity contribution in [3.8, 4) is 6.07 Å². The Morgan fingerprint density at radius 3 is 2.71 bits per heavy atom. The minimum atomic E-state index is -0.648. The number of aromatic nitrogens is 1. The van der Waals surface area contributed by atoms with Crippen molar-refractivity contribution in [3.05, 3.63) is 66.1 Å². The molecule has 0 aliphatic carbocycles. The van der Waals surface area contributed by atoms with E-state index in [0.717, 1.165) is 0 Å². The molecular weight excluding hydrogens is 308 g/mol. The molecule has 7 heteroatoms. The number of methoxy groups -OCH3 is 1. The lowest BCUT2D eigenvalue weighted by molar-refractivity contribution is -0.112. The van der Waals surface area contributed by atoms with Gasteiger partial charge in [-0.25, -0.2) is 4.79 Å². The van der Waals surface area contributed by atoms with Gasteiger partial charge in [0.1, 0.15) is 11.6 Å². The van der Waals surface area contributed by atoms with Gasteiger partial charge in [0.2, 0.25) is 0 Å². The summed E-state index contributed by atoms with van der Waals surface area (Å²) in [5.41, 5.74) is 0.939. The number of nitriles is 1. The lowest BCUT2D eigenvalue weighted by Crippen LogP contribution is -2.17. The second-order valence-corrected chi connectivity index (χ2v) is 4.55. The molecule has 0 radical (unpaired) electrons. The van der Waals surface area contributed by atoms with Gasteiger partial charge in [0, 0.05) is 12.4 Å². The summed E-state index contributed by atoms with van der Waals surface area (Å²) in [7, 11) is 1.25. The Bertz CT molecular complexity index is 810. The molecule has 0 saturated heterocycles. The van der Waals surface area contributed by atoms with Gasteiger partial charge in [0.05, 0.1) is 30.2 Å². The summed E-state index contributed by atoms with van der Waals surface area (Å²) >= 11 is 0. The maximum Gasteiger partial charge on any atom is 0.339 e. The normalized spacial score (nSPS) is 10.4. The van der Waals surface area contributed by atoms with Gasteiger partial charge in [0.15, 0.2) is 0 Å². The Labute approximate surface area is 138 Å². The number of esters is 1. The highest BCUT2D eigenvalue weighted by atomic mass is 16.5. The third-order valence-corrected chi connectivity index (χ3v) is 2.99. The minimum Gasteiger partial charge on any atom is -0.465 e. The quantitative estimate of drug-likeness (QED) is 0.497. The van der Waals surface area contributed by atoms with E-state index < -0.39 is 11.9 Å². The van der Waals surface area contributed by atoms with Crippen LogP contribution in [-0.4, -0.2) is 24.0 Å². The number of carbonyl (C=O) groups excluding carboxylic acids is 2. The van der Waals surface area contributed by atoms with Crippen LogP contribution in [0.15, 0.2) is 60.6 Å². The number of hydrogen-bond donors (Lipinski definition) is 2. The van der Waals surface area contributed by atoms with Crippen LogP contribution < -0.4 is 10.6 Å². The molecule has 2 N–H and O–H groups in total. The third-order valence-electron chi connectivity index (χ3n) is 2.99. The minimum absolute atomic E-state index is 0.154. The number of para-hydroxylation sites is 1. The molecule has 120 valence electrons. The van der Waals surface area contributed by atoms with Crippen LogP contribution in [0.3, 0.4) is 0 Å². The summed E-state index contributed by atoms with van der Waals surface area (Å²) in [5, 5.41) is 14.5. The first-order valence-corrected chi connectivity index (χ1v) is 6.91. The van der Waals surface area contributed by atoms with Crippen molar-refractivity contribution in [2.75, 3.05) is 17.7 Å². The molecule has 2 aromatic rings. The van der Waals surface area contributed by atoms with Crippen molar-refractivity contribution in [1.29, 1.82) is 5.26 Å². The highest BCUT2D eigenvalue weighted by Crippen LogP contribution is 2.17. The van der Waals surface area contributed by atoms with Crippen molar-refractivity contribution in [2.45, 2.75) is 0 Å². The van der Waals surface area contributed by atoms with Gasteiger partial charge >= 0.3 is 5.97 Å². The Hall–Kier alpha value is -3.66. The molecule has 0 unspecified atom stereocenters. The van der Waals surface area contributed by atoms with Crippen LogP contribution in [0.2, 0.25) is 0 Å². The van der Waals surface area contributed by atoms with Gasteiger partial charge in [-0.2, -0.15) is 5.26 Å². The van der Waals surface area contributed by atoms with Crippen LogP contribution in [0, 0.1) is 11.3 Å². The Balaban J connectivity index is 2.16. The van der Waals surface area contributed by atoms with Crippen molar-refractivity contribution in [3.63, 3.8) is 0 Å². The number of pyridine rings is 1. The van der Waals surface area contributed by atoms with Gasteiger partial charge in [-0.3, -0.25) is 9.78 Å². The fourth-order valence-electron chi connectivity index (χ4n) is 1.82. The zero-order valence-electron chi connectivity index (χ0n) is 12.8. The van der Waals surface area contributed by atoms with Crippen LogP contribution in [0.4, 0.5) is 11.4 Å². The maximum atomic E-state index is 12.2. The SMILES string of the molecule is COC(=O)c1ccccc1NC(=O)/C(C#N)=C\Nc1cccnc1. The van der Waals surface area contributed by atoms with Crippen LogP contribution >= 0.6 is 0 Å². The average molecular weight is 322 g/mol. The molecule has 0 spiro atoms. The van der Waals surface area contributed by atoms with Crippen LogP contribution in [0.25, 0.3) is 0 Å². The number of carbonyl (C=O) groups is 2. The summed E-state index contributed by atoms with van der Waals surface area (Å²) < 4.78 is 4.66. The first-order chi connectivity index (χ1) is 11.7. The predicted octanol–water partition coefficient (Wildman–Crippen LogP) is 2.33. The van der Waals surface area contributed by atoms with E-state index in [-0.39, 0.29) is 16.8 Å². The fourth-order valence-corrected chi connectivity index (χ4v) is 1.82. The van der Waals surface area contributed by atoms with E-state index in [2.05, 4.69) is 20.4 Å². The second kappa shape index (κ2) is 8.10. The summed E-state index contributed by atoms with van der Waals surface area (Å²) in [6, 6.07) is 11.6. The van der Waals surface area contributed by atoms with Crippen molar-refractivity contribution >= 4 is 23.3 Å². The molecule has 0 saturated carbocycles. The molecule has 1 aromatic carbocycles. The average Bonchev–Trinajstić information content (AvgIpc) is 2.63. The summed E-state index contributed by atoms with van der Waals surface area (Å²) in [4.78, 5) is 27.8. The molecule has 1 aromatic heterocycles. The van der Waals surface area contributed by atoms with E-state index >= 15 is 0 Å². The molecule has 1 amide bonds. The van der Waals surface area contributed by atoms with E-state index in [9.17, 15) is 9.59 Å². The largest absolute Gasteiger partial charge is 0.465 e. The lowest BCUT2D eigenvalue weighted by Gasteiger charge is -2.09. The van der Waals surface area contributed by atoms with Crippen molar-refractivity contribution in [2.24, 2.45) is 0 Å². The topological polar surface area (TPSA) is 104 Å². The number of nitrogens with one attached hydrogen (secondary N) is 2. The third kappa shape index (κ3) is 4.18. The fraction of sp³-hybridized carbons (Fsp3) is 0.0588. The highest BCUT2D eigenvalue weighted by molar-refractivity contribution is 6.09. The summed E-state index contributed by atoms with van der Waals surface area (Å²) in [6.45, 7) is 0. The van der Waals surface area contributed by atoms with Gasteiger partial charge < -0.3 is 15.4 Å². The number of rotatable bonds is 5. The molecule has 7 nitrogen and oxygen atoms in total. The van der Waals surface area contributed by atoms with E-state index in [1.54, 1.807) is 48.8 Å². The first-order valence-electron chi connectivity index (χ1n) is 6.91. The van der Waals surface area contributed by atoms with Gasteiger partial charge in [0.25, 0.3) is 5.91 Å². The van der Waals surface area contributed by atoms with Crippen molar-refractivity contribution < 1.29 is 14.3 Å². The van der Waals surface area contributed by atoms with Gasteiger partial charge in [-0.1, -0.05) is 12.1 Å². The maximum absolute atomic E-state index is 12.2. The predicted molar refractivity (Wildman–Crippen MR) is 88.0 cm³/mol. The standard InChI is InChI=1S/C17H14N4O3/c1-24-17(23)14-6-2-3-7-15(14)21-16(22)12(9-18)10-20-13-5-4-8-19-11-13/h2-8,10-11,20H,1H3,(H,21,22)/b12-10-. The summed E-state index contributed by atoms with van der Waals surface area (Å²) in [6.07, 6.45) is 4.43. The van der Waals surface area contributed by atoms with E-state index in [1.165, 1.54) is 19.4 Å². The second-order valence-electron chi connectivity index (χ2n) is 4.55. The zero-order chi connectivity index (χ0) is 17.4. The monoisotopic (exact) mass is 322 g/mol. The van der Waals surface area contributed by atoms with Crippen LogP contribution in [0.5, 0.6) is 0 Å². The molecular formula is C17H14N4O3. The van der Waals surface area contributed by atoms with Crippen molar-refractivity contribution in [1.82, 2.24) is 4.98 Å². The van der Waals surface area contributed by atoms with Gasteiger partial charge in [-0.15, -0.1) is 0 Å². The molecule has 24 heavy (non-hydrogen) atoms. The molecule has 0 atom stereocenters. The molecule has 0 bridgehead atoms. The smallest absolute Gasteiger partial charge is 0.339 e. The number of nitrogens with zero attached hydrogens (tertiary/aromatic N) is 2. The Morgan fingerprint density at radius 2 is 2.04 bits per heavy atom. The first kappa shape index (κ1) is 16.7. The number of hydrogen-bond acceptors (Lipinski definition) is 6. The zero-order valence-corrected chi connectivity index (χ0v) is 12.8. The lowest BCUT2D eigenvalue weighted by atomic mass is 10.1. The van der Waals surface area contributed by atoms with Crippen LogP contribution in [-0.2, 0) is 9.53 Å². The molecule has 0 fully saturated rings. The van der Waals surface area contributed by atoms with E-state index in [1.807, 2.05) is 0 Å². The highest BCUT2D eigenvalue weighted by Gasteiger charge is 2.15. The number of ether oxygens (including phenoxy) is 1. The molecule has 1 heterocycles. The summed E-state index contributed by atoms with van der Waals surface area (Å²) in [5.74, 6) is -1.23. The Kier molecular flexibility index (Phi) is 5.64. The van der Waals surface area contributed by atoms with E-state index in [4.69, 9.17) is 5.26 Å². The van der Waals surface area contributed by atoms with Gasteiger partial charge in [-0.05, 0) is 24.3 Å². The number of amides is 1. The molecule has 2 rings (SSSR count). The number of anilines is 2. The van der Waals surface area contributed by atoms with Crippen LogP contribution in [0.1, 0.15) is 10.4 Å². The Morgan fingerprint density at radius 1 is 1.25 bits per heavy atom. The molecule has 0 aliphatic heterocycles. The van der Waals surface area contributed by atoms with E-state index in [0.29, 0.717) is 5.69 Å². The number of benzene rings is 1. The molecule has 0 aliphatic rings.